The first kappa shape index (κ1) is 21.4. The van der Waals surface area contributed by atoms with Gasteiger partial charge in [0, 0.05) is 11.3 Å². The zero-order valence-corrected chi connectivity index (χ0v) is 17.9. The number of nitrogens with one attached hydrogen (secondary N) is 2. The molecule has 3 aromatic carbocycles. The first-order valence-corrected chi connectivity index (χ1v) is 11.0. The van der Waals surface area contributed by atoms with E-state index >= 15 is 0 Å². The van der Waals surface area contributed by atoms with E-state index in [1.54, 1.807) is 42.5 Å². The minimum Gasteiger partial charge on any atom is -0.494 e. The van der Waals surface area contributed by atoms with Gasteiger partial charge in [-0.15, -0.1) is 0 Å². The van der Waals surface area contributed by atoms with Crippen molar-refractivity contribution in [2.75, 3.05) is 16.6 Å². The van der Waals surface area contributed by atoms with Crippen molar-refractivity contribution in [1.82, 2.24) is 0 Å². The van der Waals surface area contributed by atoms with E-state index in [0.717, 1.165) is 11.1 Å². The maximum atomic E-state index is 12.7. The molecule has 0 spiro atoms. The summed E-state index contributed by atoms with van der Waals surface area (Å²) in [7, 11) is -3.73. The molecular weight excluding hydrogens is 400 g/mol. The Balaban J connectivity index is 1.69. The van der Waals surface area contributed by atoms with Crippen LogP contribution < -0.4 is 14.8 Å². The van der Waals surface area contributed by atoms with Gasteiger partial charge in [0.2, 0.25) is 0 Å². The summed E-state index contributed by atoms with van der Waals surface area (Å²) in [5.41, 5.74) is 3.42. The number of amides is 1. The highest BCUT2D eigenvalue weighted by molar-refractivity contribution is 7.92. The van der Waals surface area contributed by atoms with E-state index < -0.39 is 10.0 Å². The van der Waals surface area contributed by atoms with Crippen LogP contribution in [0.4, 0.5) is 11.4 Å². The number of aryl methyl sites for hydroxylation is 2. The van der Waals surface area contributed by atoms with E-state index in [1.807, 2.05) is 32.9 Å². The quantitative estimate of drug-likeness (QED) is 0.573. The molecule has 0 heterocycles. The Hall–Kier alpha value is -3.32. The fraction of sp³-hybridized carbons (Fsp3) is 0.174. The molecule has 0 saturated heterocycles. The number of sulfonamides is 1. The summed E-state index contributed by atoms with van der Waals surface area (Å²) in [6.07, 6.45) is 0. The van der Waals surface area contributed by atoms with E-state index in [2.05, 4.69) is 10.0 Å². The number of anilines is 2. The van der Waals surface area contributed by atoms with Crippen molar-refractivity contribution < 1.29 is 17.9 Å². The van der Waals surface area contributed by atoms with Crippen LogP contribution in [-0.2, 0) is 10.0 Å². The molecule has 0 aliphatic heterocycles. The average Bonchev–Trinajstić information content (AvgIpc) is 2.71. The smallest absolute Gasteiger partial charge is 0.261 e. The third kappa shape index (κ3) is 5.18. The van der Waals surface area contributed by atoms with E-state index in [0.29, 0.717) is 29.3 Å². The monoisotopic (exact) mass is 424 g/mol. The summed E-state index contributed by atoms with van der Waals surface area (Å²) in [6, 6.07) is 18.3. The maximum Gasteiger partial charge on any atom is 0.261 e. The zero-order chi connectivity index (χ0) is 21.7. The van der Waals surface area contributed by atoms with Crippen LogP contribution in [0.25, 0.3) is 0 Å². The van der Waals surface area contributed by atoms with E-state index in [9.17, 15) is 13.2 Å². The third-order valence-electron chi connectivity index (χ3n) is 4.48. The van der Waals surface area contributed by atoms with Gasteiger partial charge in [-0.25, -0.2) is 8.42 Å². The van der Waals surface area contributed by atoms with Gasteiger partial charge in [-0.1, -0.05) is 17.7 Å². The Labute approximate surface area is 177 Å². The molecule has 1 amide bonds. The van der Waals surface area contributed by atoms with Crippen molar-refractivity contribution in [3.8, 4) is 5.75 Å². The lowest BCUT2D eigenvalue weighted by Gasteiger charge is -2.12. The SMILES string of the molecule is CCOc1ccc(C(=O)Nc2ccc(S(=O)(=O)Nc3ccc(C)cc3C)cc2)cc1. The van der Waals surface area contributed by atoms with Crippen molar-refractivity contribution >= 4 is 27.3 Å². The first-order valence-electron chi connectivity index (χ1n) is 9.53. The third-order valence-corrected chi connectivity index (χ3v) is 5.86. The molecule has 156 valence electrons. The Morgan fingerprint density at radius 2 is 1.60 bits per heavy atom. The van der Waals surface area contributed by atoms with Gasteiger partial charge in [-0.2, -0.15) is 0 Å². The fourth-order valence-corrected chi connectivity index (χ4v) is 4.05. The molecule has 0 radical (unpaired) electrons. The molecule has 30 heavy (non-hydrogen) atoms. The van der Waals surface area contributed by atoms with Gasteiger partial charge < -0.3 is 10.1 Å². The zero-order valence-electron chi connectivity index (χ0n) is 17.1. The van der Waals surface area contributed by atoms with E-state index in [1.165, 1.54) is 12.1 Å². The van der Waals surface area contributed by atoms with Crippen LogP contribution >= 0.6 is 0 Å². The van der Waals surface area contributed by atoms with Gasteiger partial charge in [-0.3, -0.25) is 9.52 Å². The number of rotatable bonds is 7. The topological polar surface area (TPSA) is 84.5 Å². The molecular formula is C23H24N2O4S. The lowest BCUT2D eigenvalue weighted by molar-refractivity contribution is 0.102. The molecule has 6 nitrogen and oxygen atoms in total. The highest BCUT2D eigenvalue weighted by Crippen LogP contribution is 2.22. The minimum absolute atomic E-state index is 0.113. The largest absolute Gasteiger partial charge is 0.494 e. The lowest BCUT2D eigenvalue weighted by Crippen LogP contribution is -2.14. The van der Waals surface area contributed by atoms with Gasteiger partial charge >= 0.3 is 0 Å². The molecule has 0 fully saturated rings. The molecule has 0 unspecified atom stereocenters. The molecule has 3 rings (SSSR count). The second kappa shape index (κ2) is 9.00. The molecule has 0 bridgehead atoms. The summed E-state index contributed by atoms with van der Waals surface area (Å²) in [4.78, 5) is 12.5. The van der Waals surface area contributed by atoms with Crippen LogP contribution in [0.15, 0.2) is 71.6 Å². The Morgan fingerprint density at radius 1 is 0.933 bits per heavy atom. The fourth-order valence-electron chi connectivity index (χ4n) is 2.92. The van der Waals surface area contributed by atoms with Crippen molar-refractivity contribution in [1.29, 1.82) is 0 Å². The molecule has 0 aliphatic carbocycles. The van der Waals surface area contributed by atoms with Crippen LogP contribution in [-0.4, -0.2) is 20.9 Å². The summed E-state index contributed by atoms with van der Waals surface area (Å²) in [5.74, 6) is 0.405. The highest BCUT2D eigenvalue weighted by atomic mass is 32.2. The predicted molar refractivity (Wildman–Crippen MR) is 119 cm³/mol. The van der Waals surface area contributed by atoms with Gasteiger partial charge in [0.05, 0.1) is 17.2 Å². The Bertz CT molecular complexity index is 1140. The lowest BCUT2D eigenvalue weighted by atomic mass is 10.1. The minimum atomic E-state index is -3.73. The number of carbonyl (C=O) groups excluding carboxylic acids is 1. The number of hydrogen-bond acceptors (Lipinski definition) is 4. The number of hydrogen-bond donors (Lipinski definition) is 2. The second-order valence-corrected chi connectivity index (χ2v) is 8.54. The Kier molecular flexibility index (Phi) is 6.42. The predicted octanol–water partition coefficient (Wildman–Crippen LogP) is 4.76. The van der Waals surface area contributed by atoms with Gasteiger partial charge in [0.1, 0.15) is 5.75 Å². The summed E-state index contributed by atoms with van der Waals surface area (Å²) >= 11 is 0. The first-order chi connectivity index (χ1) is 14.3. The van der Waals surface area contributed by atoms with E-state index in [-0.39, 0.29) is 10.8 Å². The summed E-state index contributed by atoms with van der Waals surface area (Å²) in [6.45, 7) is 6.25. The molecule has 0 atom stereocenters. The van der Waals surface area contributed by atoms with E-state index in [4.69, 9.17) is 4.74 Å². The molecule has 7 heteroatoms. The van der Waals surface area contributed by atoms with Crippen LogP contribution in [0.5, 0.6) is 5.75 Å². The number of benzene rings is 3. The Morgan fingerprint density at radius 3 is 2.20 bits per heavy atom. The molecule has 3 aromatic rings. The maximum absolute atomic E-state index is 12.7. The molecule has 2 N–H and O–H groups in total. The van der Waals surface area contributed by atoms with Gasteiger partial charge in [0.25, 0.3) is 15.9 Å². The van der Waals surface area contributed by atoms with Crippen molar-refractivity contribution in [3.63, 3.8) is 0 Å². The second-order valence-electron chi connectivity index (χ2n) is 6.86. The average molecular weight is 425 g/mol. The summed E-state index contributed by atoms with van der Waals surface area (Å²) < 4.78 is 33.3. The number of ether oxygens (including phenoxy) is 1. The van der Waals surface area contributed by atoms with Gasteiger partial charge in [-0.05, 0) is 80.9 Å². The molecule has 0 saturated carbocycles. The number of carbonyl (C=O) groups is 1. The van der Waals surface area contributed by atoms with Gasteiger partial charge in [0.15, 0.2) is 0 Å². The van der Waals surface area contributed by atoms with Crippen molar-refractivity contribution in [2.45, 2.75) is 25.7 Å². The molecule has 0 aromatic heterocycles. The molecule has 0 aliphatic rings. The van der Waals surface area contributed by atoms with Crippen molar-refractivity contribution in [3.05, 3.63) is 83.4 Å². The van der Waals surface area contributed by atoms with Crippen LogP contribution in [0.1, 0.15) is 28.4 Å². The van der Waals surface area contributed by atoms with Crippen LogP contribution in [0.3, 0.4) is 0 Å². The van der Waals surface area contributed by atoms with Crippen molar-refractivity contribution in [2.24, 2.45) is 0 Å². The van der Waals surface area contributed by atoms with Crippen LogP contribution in [0, 0.1) is 13.8 Å². The van der Waals surface area contributed by atoms with Crippen LogP contribution in [0.2, 0.25) is 0 Å². The normalized spacial score (nSPS) is 11.0. The summed E-state index contributed by atoms with van der Waals surface area (Å²) in [5, 5.41) is 2.76. The highest BCUT2D eigenvalue weighted by Gasteiger charge is 2.16. The standard InChI is InChI=1S/C23H24N2O4S/c1-4-29-20-10-6-18(7-11-20)23(26)24-19-8-12-21(13-9-19)30(27,28)25-22-14-5-16(2)15-17(22)3/h5-15,25H,4H2,1-3H3,(H,24,26).